The summed E-state index contributed by atoms with van der Waals surface area (Å²) in [5.41, 5.74) is 0. The number of ether oxygens (including phenoxy) is 2. The molecule has 0 heterocycles. The number of esters is 1. The first kappa shape index (κ1) is 59.5. The van der Waals surface area contributed by atoms with Gasteiger partial charge in [-0.2, -0.15) is 0 Å². The number of phosphoric acid groups is 1. The second-order valence-corrected chi connectivity index (χ2v) is 19.6. The number of allylic oxidation sites excluding steroid dienone is 8. The van der Waals surface area contributed by atoms with Crippen LogP contribution < -0.4 is 4.89 Å². The number of quaternary nitrogens is 1. The number of carbonyl (C=O) groups is 1. The van der Waals surface area contributed by atoms with Crippen LogP contribution >= 0.6 is 7.82 Å². The smallest absolute Gasteiger partial charge is 0.306 e. The Bertz CT molecular complexity index is 1120. The summed E-state index contributed by atoms with van der Waals surface area (Å²) in [4.78, 5) is 25.2. The number of hydrogen-bond donors (Lipinski definition) is 0. The van der Waals surface area contributed by atoms with E-state index < -0.39 is 13.9 Å². The second-order valence-electron chi connectivity index (χ2n) is 18.1. The molecule has 0 fully saturated rings. The molecule has 2 atom stereocenters. The average molecular weight is 880 g/mol. The molecule has 0 aliphatic rings. The molecule has 0 aliphatic carbocycles. The predicted molar refractivity (Wildman–Crippen MR) is 259 cm³/mol. The van der Waals surface area contributed by atoms with Crippen molar-refractivity contribution in [3.05, 3.63) is 48.6 Å². The summed E-state index contributed by atoms with van der Waals surface area (Å²) >= 11 is 0. The third-order valence-corrected chi connectivity index (χ3v) is 11.8. The monoisotopic (exact) mass is 880 g/mol. The summed E-state index contributed by atoms with van der Waals surface area (Å²) in [6, 6.07) is 0. The number of likely N-dealkylation sites (N-methyl/N-ethyl adjacent to an activating group) is 1. The average Bonchev–Trinajstić information content (AvgIpc) is 3.22. The molecule has 0 amide bonds. The van der Waals surface area contributed by atoms with Gasteiger partial charge < -0.3 is 27.9 Å². The van der Waals surface area contributed by atoms with Crippen LogP contribution in [0.3, 0.4) is 0 Å². The van der Waals surface area contributed by atoms with Crippen molar-refractivity contribution in [1.29, 1.82) is 0 Å². The van der Waals surface area contributed by atoms with Gasteiger partial charge in [-0.1, -0.05) is 191 Å². The molecular formula is C52H98NO7P. The third kappa shape index (κ3) is 49.3. The van der Waals surface area contributed by atoms with Gasteiger partial charge in [0.25, 0.3) is 7.82 Å². The highest BCUT2D eigenvalue weighted by Crippen LogP contribution is 2.38. The number of hydrogen-bond acceptors (Lipinski definition) is 7. The minimum Gasteiger partial charge on any atom is -0.756 e. The van der Waals surface area contributed by atoms with E-state index in [2.05, 4.69) is 62.5 Å². The van der Waals surface area contributed by atoms with Crippen LogP contribution in [0.25, 0.3) is 0 Å². The van der Waals surface area contributed by atoms with Crippen molar-refractivity contribution in [1.82, 2.24) is 0 Å². The van der Waals surface area contributed by atoms with Crippen LogP contribution in [0.4, 0.5) is 0 Å². The number of nitrogens with zero attached hydrogens (tertiary/aromatic N) is 1. The van der Waals surface area contributed by atoms with Crippen LogP contribution in [0, 0.1) is 0 Å². The zero-order chi connectivity index (χ0) is 44.8. The molecule has 0 N–H and O–H groups in total. The molecule has 61 heavy (non-hydrogen) atoms. The van der Waals surface area contributed by atoms with E-state index in [0.29, 0.717) is 24.1 Å². The predicted octanol–water partition coefficient (Wildman–Crippen LogP) is 14.9. The second kappa shape index (κ2) is 45.0. The van der Waals surface area contributed by atoms with Gasteiger partial charge in [-0.15, -0.1) is 0 Å². The maximum Gasteiger partial charge on any atom is 0.306 e. The molecule has 0 rings (SSSR count). The van der Waals surface area contributed by atoms with Crippen molar-refractivity contribution < 1.29 is 37.3 Å². The summed E-state index contributed by atoms with van der Waals surface area (Å²) in [7, 11) is 1.35. The Kier molecular flexibility index (Phi) is 43.9. The maximum atomic E-state index is 12.7. The lowest BCUT2D eigenvalue weighted by Gasteiger charge is -2.28. The van der Waals surface area contributed by atoms with Gasteiger partial charge in [0.15, 0.2) is 0 Å². The molecule has 0 radical (unpaired) electrons. The number of rotatable bonds is 47. The van der Waals surface area contributed by atoms with Crippen molar-refractivity contribution in [3.63, 3.8) is 0 Å². The third-order valence-electron chi connectivity index (χ3n) is 10.9. The first-order valence-corrected chi connectivity index (χ1v) is 26.8. The summed E-state index contributed by atoms with van der Waals surface area (Å²) in [5.74, 6) is -0.339. The Morgan fingerprint density at radius 2 is 0.951 bits per heavy atom. The molecule has 0 aromatic carbocycles. The Labute approximate surface area is 378 Å². The van der Waals surface area contributed by atoms with Crippen LogP contribution in [-0.4, -0.2) is 70.7 Å². The number of carbonyl (C=O) groups excluding carboxylic acids is 1. The molecule has 0 spiro atoms. The Balaban J connectivity index is 4.13. The van der Waals surface area contributed by atoms with Gasteiger partial charge in [-0.05, 0) is 70.6 Å². The first-order chi connectivity index (χ1) is 29.6. The van der Waals surface area contributed by atoms with Gasteiger partial charge in [0.1, 0.15) is 19.3 Å². The normalized spacial score (nSPS) is 14.0. The van der Waals surface area contributed by atoms with Crippen LogP contribution in [0.1, 0.15) is 219 Å². The molecule has 0 aliphatic heterocycles. The van der Waals surface area contributed by atoms with Gasteiger partial charge in [0.2, 0.25) is 0 Å². The van der Waals surface area contributed by atoms with E-state index >= 15 is 0 Å². The van der Waals surface area contributed by atoms with Crippen LogP contribution in [0.2, 0.25) is 0 Å². The van der Waals surface area contributed by atoms with Crippen molar-refractivity contribution in [3.8, 4) is 0 Å². The standard InChI is InChI=1S/C52H98NO7P/c1-6-8-10-12-14-16-18-20-22-24-25-26-27-28-29-30-31-33-35-37-39-41-43-45-52(54)60-51(50-59-61(55,56)58-48-46-53(3,4)5)49-57-47-44-42-40-38-36-34-32-23-21-19-17-15-13-11-9-7-2/h9,11,15,17,21,23-25,51H,6-8,10,12-14,16,18-20,22,26-50H2,1-5H3/b11-9-,17-15-,23-21-,25-24-. The van der Waals surface area contributed by atoms with Crippen molar-refractivity contribution in [2.75, 3.05) is 54.1 Å². The van der Waals surface area contributed by atoms with Gasteiger partial charge in [-0.25, -0.2) is 0 Å². The van der Waals surface area contributed by atoms with Gasteiger partial charge >= 0.3 is 5.97 Å². The van der Waals surface area contributed by atoms with Crippen molar-refractivity contribution in [2.45, 2.75) is 225 Å². The van der Waals surface area contributed by atoms with E-state index in [0.717, 1.165) is 64.2 Å². The summed E-state index contributed by atoms with van der Waals surface area (Å²) < 4.78 is 34.7. The van der Waals surface area contributed by atoms with Gasteiger partial charge in [0, 0.05) is 13.0 Å². The van der Waals surface area contributed by atoms with E-state index in [-0.39, 0.29) is 25.8 Å². The highest BCUT2D eigenvalue weighted by Gasteiger charge is 2.20. The first-order valence-electron chi connectivity index (χ1n) is 25.4. The van der Waals surface area contributed by atoms with Gasteiger partial charge in [-0.3, -0.25) is 9.36 Å². The minimum atomic E-state index is -4.53. The topological polar surface area (TPSA) is 94.1 Å². The molecule has 9 heteroatoms. The molecule has 8 nitrogen and oxygen atoms in total. The van der Waals surface area contributed by atoms with Crippen molar-refractivity contribution >= 4 is 13.8 Å². The fourth-order valence-corrected chi connectivity index (χ4v) is 7.70. The molecule has 0 aromatic heterocycles. The zero-order valence-electron chi connectivity index (χ0n) is 40.6. The Morgan fingerprint density at radius 3 is 1.44 bits per heavy atom. The number of unbranched alkanes of at least 4 members (excludes halogenated alkanes) is 25. The lowest BCUT2D eigenvalue weighted by molar-refractivity contribution is -0.870. The summed E-state index contributed by atoms with van der Waals surface area (Å²) in [6.07, 6.45) is 55.6. The van der Waals surface area contributed by atoms with E-state index in [1.54, 1.807) is 0 Å². The minimum absolute atomic E-state index is 0.0223. The fraction of sp³-hybridized carbons (Fsp3) is 0.827. The SMILES string of the molecule is CC/C=C\C/C=C\C/C=C\CCCCCCCCOCC(COP(=O)([O-])OCC[N+](C)(C)C)OC(=O)CCCCCCCCCCCCC/C=C\CCCCCCCCCC. The number of phosphoric ester groups is 1. The van der Waals surface area contributed by atoms with E-state index in [9.17, 15) is 14.3 Å². The van der Waals surface area contributed by atoms with E-state index in [1.165, 1.54) is 135 Å². The molecule has 0 saturated heterocycles. The Morgan fingerprint density at radius 1 is 0.525 bits per heavy atom. The zero-order valence-corrected chi connectivity index (χ0v) is 41.5. The van der Waals surface area contributed by atoms with Crippen LogP contribution in [-0.2, 0) is 27.9 Å². The molecule has 358 valence electrons. The highest BCUT2D eigenvalue weighted by atomic mass is 31.2. The maximum absolute atomic E-state index is 12.7. The molecule has 0 aromatic rings. The van der Waals surface area contributed by atoms with Crippen LogP contribution in [0.15, 0.2) is 48.6 Å². The van der Waals surface area contributed by atoms with E-state index in [1.807, 2.05) is 21.1 Å². The lowest BCUT2D eigenvalue weighted by Crippen LogP contribution is -2.37. The highest BCUT2D eigenvalue weighted by molar-refractivity contribution is 7.45. The lowest BCUT2D eigenvalue weighted by atomic mass is 10.0. The molecule has 0 bridgehead atoms. The summed E-state index contributed by atoms with van der Waals surface area (Å²) in [5, 5.41) is 0. The van der Waals surface area contributed by atoms with Crippen molar-refractivity contribution in [2.24, 2.45) is 0 Å². The fourth-order valence-electron chi connectivity index (χ4n) is 6.97. The summed E-state index contributed by atoms with van der Waals surface area (Å²) in [6.45, 7) is 5.29. The van der Waals surface area contributed by atoms with Gasteiger partial charge in [0.05, 0.1) is 34.4 Å². The van der Waals surface area contributed by atoms with Crippen LogP contribution in [0.5, 0.6) is 0 Å². The Hall–Kier alpha value is -1.54. The van der Waals surface area contributed by atoms with E-state index in [4.69, 9.17) is 18.5 Å². The largest absolute Gasteiger partial charge is 0.756 e. The molecule has 0 saturated carbocycles. The molecular weight excluding hydrogens is 782 g/mol. The quantitative estimate of drug-likeness (QED) is 0.0198. The molecule has 2 unspecified atom stereocenters.